The zero-order valence-corrected chi connectivity index (χ0v) is 19.1. The van der Waals surface area contributed by atoms with E-state index in [1.54, 1.807) is 4.90 Å². The van der Waals surface area contributed by atoms with Gasteiger partial charge in [0.15, 0.2) is 0 Å². The minimum atomic E-state index is -0.800. The first-order chi connectivity index (χ1) is 15.4. The summed E-state index contributed by atoms with van der Waals surface area (Å²) < 4.78 is 4.91. The number of amides is 2. The van der Waals surface area contributed by atoms with Crippen LogP contribution in [0.5, 0.6) is 0 Å². The highest BCUT2D eigenvalue weighted by atomic mass is 16.5. The molecule has 0 spiro atoms. The van der Waals surface area contributed by atoms with Crippen molar-refractivity contribution in [3.63, 3.8) is 0 Å². The molecule has 8 heteroatoms. The molecular weight excluding hydrogens is 408 g/mol. The molecule has 2 amide bonds. The van der Waals surface area contributed by atoms with Crippen molar-refractivity contribution >= 4 is 28.7 Å². The van der Waals surface area contributed by atoms with Crippen molar-refractivity contribution in [2.75, 3.05) is 13.7 Å². The van der Waals surface area contributed by atoms with Gasteiger partial charge in [0.25, 0.3) is 0 Å². The maximum Gasteiger partial charge on any atom is 0.328 e. The number of benzene rings is 1. The number of piperidine rings is 1. The topological polar surface area (TPSA) is 118 Å². The standard InChI is InChI=1S/C24H34N4O4/c1-4-15(2)21(23(30)28-12-8-7-11-20(28)24(31)32-3)27-22(29)18(25)13-16-14-26-19-10-6-5-9-17(16)19/h5-6,9-10,14-15,18,20-21,26H,4,7-8,11-13,25H2,1-3H3,(H,27,29)/t15-,18-,20+,21-/m0/s1. The van der Waals surface area contributed by atoms with Crippen molar-refractivity contribution in [3.8, 4) is 0 Å². The lowest BCUT2D eigenvalue weighted by atomic mass is 9.94. The Morgan fingerprint density at radius 2 is 2.03 bits per heavy atom. The van der Waals surface area contributed by atoms with Gasteiger partial charge in [0, 0.05) is 23.6 Å². The fraction of sp³-hybridized carbons (Fsp3) is 0.542. The Hall–Kier alpha value is -2.87. The second-order valence-corrected chi connectivity index (χ2v) is 8.61. The molecule has 0 aliphatic carbocycles. The number of esters is 1. The van der Waals surface area contributed by atoms with E-state index in [1.807, 2.05) is 44.3 Å². The Labute approximate surface area is 188 Å². The van der Waals surface area contributed by atoms with Crippen molar-refractivity contribution in [1.82, 2.24) is 15.2 Å². The molecule has 3 rings (SSSR count). The second-order valence-electron chi connectivity index (χ2n) is 8.61. The number of likely N-dealkylation sites (tertiary alicyclic amines) is 1. The van der Waals surface area contributed by atoms with E-state index in [-0.39, 0.29) is 17.7 Å². The summed E-state index contributed by atoms with van der Waals surface area (Å²) in [4.78, 5) is 43.4. The molecule has 0 unspecified atom stereocenters. The molecule has 174 valence electrons. The minimum Gasteiger partial charge on any atom is -0.467 e. The summed E-state index contributed by atoms with van der Waals surface area (Å²) in [6, 6.07) is 5.69. The minimum absolute atomic E-state index is 0.105. The van der Waals surface area contributed by atoms with Crippen molar-refractivity contribution < 1.29 is 19.1 Å². The number of aromatic amines is 1. The van der Waals surface area contributed by atoms with E-state index < -0.39 is 24.1 Å². The smallest absolute Gasteiger partial charge is 0.328 e. The van der Waals surface area contributed by atoms with Gasteiger partial charge in [0.1, 0.15) is 12.1 Å². The predicted octanol–water partition coefficient (Wildman–Crippen LogP) is 2.12. The van der Waals surface area contributed by atoms with Crippen LogP contribution in [0.3, 0.4) is 0 Å². The first-order valence-corrected chi connectivity index (χ1v) is 11.4. The van der Waals surface area contributed by atoms with Crippen LogP contribution < -0.4 is 11.1 Å². The third-order valence-corrected chi connectivity index (χ3v) is 6.49. The maximum absolute atomic E-state index is 13.4. The predicted molar refractivity (Wildman–Crippen MR) is 123 cm³/mol. The Bertz CT molecular complexity index is 956. The molecule has 1 fully saturated rings. The molecule has 0 saturated carbocycles. The molecule has 0 radical (unpaired) electrons. The molecule has 32 heavy (non-hydrogen) atoms. The number of nitrogens with two attached hydrogens (primary N) is 1. The number of fused-ring (bicyclic) bond motifs is 1. The Morgan fingerprint density at radius 1 is 1.28 bits per heavy atom. The van der Waals surface area contributed by atoms with E-state index in [1.165, 1.54) is 7.11 Å². The zero-order valence-electron chi connectivity index (χ0n) is 19.1. The molecule has 2 heterocycles. The van der Waals surface area contributed by atoms with Crippen LogP contribution in [0.2, 0.25) is 0 Å². The van der Waals surface area contributed by atoms with Gasteiger partial charge in [-0.1, -0.05) is 38.5 Å². The maximum atomic E-state index is 13.4. The van der Waals surface area contributed by atoms with Crippen LogP contribution >= 0.6 is 0 Å². The summed E-state index contributed by atoms with van der Waals surface area (Å²) in [6.07, 6.45) is 5.17. The van der Waals surface area contributed by atoms with Crippen LogP contribution in [0.15, 0.2) is 30.5 Å². The third kappa shape index (κ3) is 5.12. The number of nitrogens with one attached hydrogen (secondary N) is 2. The summed E-state index contributed by atoms with van der Waals surface area (Å²) in [5.74, 6) is -1.14. The van der Waals surface area contributed by atoms with E-state index in [2.05, 4.69) is 10.3 Å². The number of rotatable bonds is 8. The van der Waals surface area contributed by atoms with Crippen molar-refractivity contribution in [2.24, 2.45) is 11.7 Å². The number of para-hydroxylation sites is 1. The van der Waals surface area contributed by atoms with Gasteiger partial charge in [-0.3, -0.25) is 9.59 Å². The summed E-state index contributed by atoms with van der Waals surface area (Å²) in [5.41, 5.74) is 8.18. The molecule has 1 saturated heterocycles. The molecule has 1 aromatic carbocycles. The van der Waals surface area contributed by atoms with Crippen LogP contribution in [0.25, 0.3) is 10.9 Å². The lowest BCUT2D eigenvalue weighted by molar-refractivity contribution is -0.156. The van der Waals surface area contributed by atoms with E-state index in [0.717, 1.165) is 29.3 Å². The molecule has 8 nitrogen and oxygen atoms in total. The normalized spacial score (nSPS) is 19.2. The fourth-order valence-corrected chi connectivity index (χ4v) is 4.33. The quantitative estimate of drug-likeness (QED) is 0.541. The Kier molecular flexibility index (Phi) is 7.90. The number of methoxy groups -OCH3 is 1. The molecule has 4 N–H and O–H groups in total. The number of carbonyl (C=O) groups excluding carboxylic acids is 3. The molecular formula is C24H34N4O4. The zero-order chi connectivity index (χ0) is 23.3. The average Bonchev–Trinajstić information content (AvgIpc) is 3.23. The molecule has 1 aliphatic rings. The van der Waals surface area contributed by atoms with E-state index in [0.29, 0.717) is 25.8 Å². The lowest BCUT2D eigenvalue weighted by Gasteiger charge is -2.37. The number of hydrogen-bond donors (Lipinski definition) is 3. The number of nitrogens with zero attached hydrogens (tertiary/aromatic N) is 1. The highest BCUT2D eigenvalue weighted by molar-refractivity contribution is 5.93. The number of H-pyrrole nitrogens is 1. The average molecular weight is 443 g/mol. The van der Waals surface area contributed by atoms with Gasteiger partial charge in [0.05, 0.1) is 13.2 Å². The van der Waals surface area contributed by atoms with E-state index in [9.17, 15) is 14.4 Å². The van der Waals surface area contributed by atoms with Crippen molar-refractivity contribution in [1.29, 1.82) is 0 Å². The number of hydrogen-bond acceptors (Lipinski definition) is 5. The van der Waals surface area contributed by atoms with Gasteiger partial charge in [-0.2, -0.15) is 0 Å². The van der Waals surface area contributed by atoms with Crippen LogP contribution in [0.4, 0.5) is 0 Å². The molecule has 1 aliphatic heterocycles. The van der Waals surface area contributed by atoms with Gasteiger partial charge in [0.2, 0.25) is 11.8 Å². The Balaban J connectivity index is 1.73. The number of ether oxygens (including phenoxy) is 1. The largest absolute Gasteiger partial charge is 0.467 e. The lowest BCUT2D eigenvalue weighted by Crippen LogP contribution is -2.59. The van der Waals surface area contributed by atoms with Crippen LogP contribution in [-0.4, -0.2) is 59.4 Å². The second kappa shape index (κ2) is 10.6. The van der Waals surface area contributed by atoms with E-state index in [4.69, 9.17) is 10.5 Å². The van der Waals surface area contributed by atoms with Gasteiger partial charge in [-0.15, -0.1) is 0 Å². The number of carbonyl (C=O) groups is 3. The monoisotopic (exact) mass is 442 g/mol. The van der Waals surface area contributed by atoms with Crippen molar-refractivity contribution in [3.05, 3.63) is 36.0 Å². The van der Waals surface area contributed by atoms with Gasteiger partial charge in [-0.05, 0) is 43.2 Å². The molecule has 2 aromatic rings. The summed E-state index contributed by atoms with van der Waals surface area (Å²) in [6.45, 7) is 4.37. The summed E-state index contributed by atoms with van der Waals surface area (Å²) in [7, 11) is 1.33. The van der Waals surface area contributed by atoms with Gasteiger partial charge in [-0.25, -0.2) is 4.79 Å². The van der Waals surface area contributed by atoms with Crippen molar-refractivity contribution in [2.45, 2.75) is 64.1 Å². The SMILES string of the molecule is CC[C@H](C)[C@H](NC(=O)[C@@H](N)Cc1c[nH]c2ccccc12)C(=O)N1CCCC[C@@H]1C(=O)OC. The Morgan fingerprint density at radius 3 is 2.75 bits per heavy atom. The van der Waals surface area contributed by atoms with Gasteiger partial charge < -0.3 is 25.7 Å². The summed E-state index contributed by atoms with van der Waals surface area (Å²) in [5, 5.41) is 3.91. The molecule has 0 bridgehead atoms. The van der Waals surface area contributed by atoms with E-state index >= 15 is 0 Å². The highest BCUT2D eigenvalue weighted by Crippen LogP contribution is 2.22. The summed E-state index contributed by atoms with van der Waals surface area (Å²) >= 11 is 0. The molecule has 1 aromatic heterocycles. The third-order valence-electron chi connectivity index (χ3n) is 6.49. The highest BCUT2D eigenvalue weighted by Gasteiger charge is 2.38. The van der Waals surface area contributed by atoms with Crippen LogP contribution in [0, 0.1) is 5.92 Å². The first-order valence-electron chi connectivity index (χ1n) is 11.4. The molecule has 4 atom stereocenters. The fourth-order valence-electron chi connectivity index (χ4n) is 4.33. The first kappa shape index (κ1) is 23.8. The van der Waals surface area contributed by atoms with Crippen LogP contribution in [-0.2, 0) is 25.5 Å². The van der Waals surface area contributed by atoms with Crippen LogP contribution in [0.1, 0.15) is 45.1 Å². The van der Waals surface area contributed by atoms with Gasteiger partial charge >= 0.3 is 5.97 Å². The number of aromatic nitrogens is 1.